The molecule has 130 valence electrons. The highest BCUT2D eigenvalue weighted by Crippen LogP contribution is 2.40. The van der Waals surface area contributed by atoms with Crippen molar-refractivity contribution in [2.75, 3.05) is 5.32 Å². The molecule has 1 aromatic carbocycles. The normalized spacial score (nSPS) is 12.9. The maximum atomic E-state index is 13.8. The first kappa shape index (κ1) is 18.5. The minimum absolute atomic E-state index is 0.0734. The monoisotopic (exact) mass is 378 g/mol. The predicted molar refractivity (Wildman–Crippen MR) is 82.0 cm³/mol. The molecule has 0 saturated carbocycles. The Kier molecular flexibility index (Phi) is 5.36. The third kappa shape index (κ3) is 4.59. The number of nitrogens with zero attached hydrogens (tertiary/aromatic N) is 3. The summed E-state index contributed by atoms with van der Waals surface area (Å²) in [6, 6.07) is 4.22. The molecule has 9 nitrogen and oxygen atoms in total. The molecule has 12 heteroatoms. The number of aromatic nitrogens is 3. The van der Waals surface area contributed by atoms with Gasteiger partial charge in [-0.2, -0.15) is 4.80 Å². The van der Waals surface area contributed by atoms with Crippen LogP contribution in [-0.4, -0.2) is 30.7 Å². The number of carbonyl (C=O) groups is 1. The van der Waals surface area contributed by atoms with Gasteiger partial charge in [0.15, 0.2) is 17.1 Å². The fourth-order valence-electron chi connectivity index (χ4n) is 1.75. The number of anilines is 1. The molecule has 0 saturated heterocycles. The third-order valence-electron chi connectivity index (χ3n) is 2.79. The molecule has 0 aliphatic carbocycles. The lowest BCUT2D eigenvalue weighted by Crippen LogP contribution is -2.16. The van der Waals surface area contributed by atoms with E-state index in [2.05, 4.69) is 20.0 Å². The molecular formula is C12H13ClFN4O5P. The number of rotatable bonds is 5. The zero-order chi connectivity index (χ0) is 18.1. The maximum Gasteiger partial charge on any atom is 0.471 e. The highest BCUT2D eigenvalue weighted by molar-refractivity contribution is 7.46. The Hall–Kier alpha value is -1.84. The van der Waals surface area contributed by atoms with Crippen LogP contribution in [0.4, 0.5) is 10.1 Å². The van der Waals surface area contributed by atoms with Crippen molar-refractivity contribution in [3.05, 3.63) is 40.4 Å². The van der Waals surface area contributed by atoms with Gasteiger partial charge in [0.05, 0.1) is 5.69 Å². The van der Waals surface area contributed by atoms with Crippen molar-refractivity contribution in [2.45, 2.75) is 20.1 Å². The standard InChI is InChI=1S/C12H13ClFN4O5P/c1-6-3-4-9(8(14)5-6)15-12(19)10-11(13)17-18(16-10)7(2)23-24(20,21)22/h3-5,7H,1-2H3,(H,15,19)(H2,20,21,22). The molecule has 0 spiro atoms. The van der Waals surface area contributed by atoms with Crippen LogP contribution in [0.2, 0.25) is 5.15 Å². The number of nitrogens with one attached hydrogen (secondary N) is 1. The molecule has 1 atom stereocenters. The molecule has 2 aromatic rings. The molecule has 0 aliphatic rings. The number of amides is 1. The summed E-state index contributed by atoms with van der Waals surface area (Å²) in [7, 11) is -4.78. The number of hydrogen-bond donors (Lipinski definition) is 3. The van der Waals surface area contributed by atoms with E-state index in [-0.39, 0.29) is 16.5 Å². The number of aryl methyl sites for hydroxylation is 1. The van der Waals surface area contributed by atoms with Crippen molar-refractivity contribution >= 4 is 31.0 Å². The fourth-order valence-corrected chi connectivity index (χ4v) is 2.43. The average molecular weight is 379 g/mol. The Balaban J connectivity index is 2.20. The molecule has 1 amide bonds. The van der Waals surface area contributed by atoms with Crippen LogP contribution in [0.25, 0.3) is 0 Å². The van der Waals surface area contributed by atoms with E-state index >= 15 is 0 Å². The van der Waals surface area contributed by atoms with E-state index in [4.69, 9.17) is 21.4 Å². The van der Waals surface area contributed by atoms with Crippen LogP contribution in [0.3, 0.4) is 0 Å². The Morgan fingerprint density at radius 3 is 2.71 bits per heavy atom. The smallest absolute Gasteiger partial charge is 0.318 e. The molecule has 0 aliphatic heterocycles. The molecule has 2 rings (SSSR count). The lowest BCUT2D eigenvalue weighted by atomic mass is 10.2. The molecule has 1 unspecified atom stereocenters. The van der Waals surface area contributed by atoms with Crippen molar-refractivity contribution in [1.82, 2.24) is 15.0 Å². The fraction of sp³-hybridized carbons (Fsp3) is 0.250. The van der Waals surface area contributed by atoms with Crippen molar-refractivity contribution in [2.24, 2.45) is 0 Å². The van der Waals surface area contributed by atoms with E-state index < -0.39 is 25.8 Å². The molecule has 3 N–H and O–H groups in total. The van der Waals surface area contributed by atoms with Gasteiger partial charge in [0, 0.05) is 0 Å². The summed E-state index contributed by atoms with van der Waals surface area (Å²) >= 11 is 5.79. The summed E-state index contributed by atoms with van der Waals surface area (Å²) in [6.07, 6.45) is -1.28. The first-order valence-electron chi connectivity index (χ1n) is 6.50. The lowest BCUT2D eigenvalue weighted by molar-refractivity contribution is 0.0764. The molecule has 24 heavy (non-hydrogen) atoms. The number of halogens is 2. The Labute approximate surface area is 140 Å². The largest absolute Gasteiger partial charge is 0.471 e. The van der Waals surface area contributed by atoms with Crippen molar-refractivity contribution in [3.63, 3.8) is 0 Å². The number of benzene rings is 1. The molecule has 1 heterocycles. The van der Waals surface area contributed by atoms with Gasteiger partial charge in [-0.25, -0.2) is 8.96 Å². The average Bonchev–Trinajstić information content (AvgIpc) is 2.82. The second kappa shape index (κ2) is 6.96. The SMILES string of the molecule is Cc1ccc(NC(=O)c2nn(C(C)OP(=O)(O)O)nc2Cl)c(F)c1. The van der Waals surface area contributed by atoms with Crippen LogP contribution in [0.15, 0.2) is 18.2 Å². The zero-order valence-electron chi connectivity index (χ0n) is 12.5. The van der Waals surface area contributed by atoms with Crippen LogP contribution in [0.1, 0.15) is 29.2 Å². The summed E-state index contributed by atoms with van der Waals surface area (Å²) in [5, 5.41) is 9.30. The molecule has 1 aromatic heterocycles. The molecule has 0 bridgehead atoms. The Morgan fingerprint density at radius 1 is 1.46 bits per heavy atom. The number of carbonyl (C=O) groups excluding carboxylic acids is 1. The second-order valence-electron chi connectivity index (χ2n) is 4.79. The summed E-state index contributed by atoms with van der Waals surface area (Å²) in [5.41, 5.74) is 0.256. The van der Waals surface area contributed by atoms with Crippen LogP contribution < -0.4 is 5.32 Å². The minimum atomic E-state index is -4.78. The topological polar surface area (TPSA) is 127 Å². The summed E-state index contributed by atoms with van der Waals surface area (Å²) in [4.78, 5) is 30.3. The van der Waals surface area contributed by atoms with Gasteiger partial charge in [0.2, 0.25) is 0 Å². The van der Waals surface area contributed by atoms with Gasteiger partial charge in [-0.15, -0.1) is 10.2 Å². The van der Waals surface area contributed by atoms with E-state index in [1.807, 2.05) is 0 Å². The van der Waals surface area contributed by atoms with Crippen LogP contribution in [0.5, 0.6) is 0 Å². The summed E-state index contributed by atoms with van der Waals surface area (Å²) < 4.78 is 28.9. The van der Waals surface area contributed by atoms with Gasteiger partial charge in [-0.3, -0.25) is 9.32 Å². The summed E-state index contributed by atoms with van der Waals surface area (Å²) in [5.74, 6) is -1.47. The van der Waals surface area contributed by atoms with E-state index in [0.717, 1.165) is 4.80 Å². The first-order valence-corrected chi connectivity index (χ1v) is 8.41. The molecule has 0 radical (unpaired) electrons. The minimum Gasteiger partial charge on any atom is -0.318 e. The van der Waals surface area contributed by atoms with E-state index in [1.54, 1.807) is 13.0 Å². The second-order valence-corrected chi connectivity index (χ2v) is 6.34. The number of hydrogen-bond acceptors (Lipinski definition) is 5. The van der Waals surface area contributed by atoms with Gasteiger partial charge < -0.3 is 15.1 Å². The summed E-state index contributed by atoms with van der Waals surface area (Å²) in [6.45, 7) is 2.94. The highest BCUT2D eigenvalue weighted by Gasteiger charge is 2.25. The van der Waals surface area contributed by atoms with Crippen molar-refractivity contribution in [1.29, 1.82) is 0 Å². The van der Waals surface area contributed by atoms with E-state index in [9.17, 15) is 13.8 Å². The Bertz CT molecular complexity index is 824. The van der Waals surface area contributed by atoms with Gasteiger partial charge >= 0.3 is 7.82 Å². The predicted octanol–water partition coefficient (Wildman–Crippen LogP) is 2.26. The molecule has 0 fully saturated rings. The first-order chi connectivity index (χ1) is 11.1. The van der Waals surface area contributed by atoms with Gasteiger partial charge in [0.25, 0.3) is 5.91 Å². The van der Waals surface area contributed by atoms with Crippen LogP contribution >= 0.6 is 19.4 Å². The quantitative estimate of drug-likeness (QED) is 0.681. The van der Waals surface area contributed by atoms with Gasteiger partial charge in [0.1, 0.15) is 5.82 Å². The number of phosphoric acid groups is 1. The Morgan fingerprint density at radius 2 is 2.12 bits per heavy atom. The molecular weight excluding hydrogens is 366 g/mol. The van der Waals surface area contributed by atoms with Crippen LogP contribution in [-0.2, 0) is 9.09 Å². The van der Waals surface area contributed by atoms with E-state index in [0.29, 0.717) is 5.56 Å². The highest BCUT2D eigenvalue weighted by atomic mass is 35.5. The van der Waals surface area contributed by atoms with Gasteiger partial charge in [-0.05, 0) is 31.5 Å². The zero-order valence-corrected chi connectivity index (χ0v) is 14.1. The van der Waals surface area contributed by atoms with Crippen LogP contribution in [0, 0.1) is 12.7 Å². The third-order valence-corrected chi connectivity index (χ3v) is 3.63. The van der Waals surface area contributed by atoms with Crippen molar-refractivity contribution in [3.8, 4) is 0 Å². The van der Waals surface area contributed by atoms with Crippen molar-refractivity contribution < 1.29 is 28.1 Å². The van der Waals surface area contributed by atoms with Gasteiger partial charge in [-0.1, -0.05) is 17.7 Å². The lowest BCUT2D eigenvalue weighted by Gasteiger charge is -2.11. The number of phosphoric ester groups is 1. The maximum absolute atomic E-state index is 13.8. The van der Waals surface area contributed by atoms with E-state index in [1.165, 1.54) is 19.1 Å².